The smallest absolute Gasteiger partial charge is 0.410 e. The zero-order chi connectivity index (χ0) is 13.1. The van der Waals surface area contributed by atoms with Crippen molar-refractivity contribution in [3.05, 3.63) is 0 Å². The highest BCUT2D eigenvalue weighted by Gasteiger charge is 2.25. The minimum absolute atomic E-state index is 0.0850. The summed E-state index contributed by atoms with van der Waals surface area (Å²) in [5.74, 6) is 0. The SMILES string of the molecule is CC.O=C(OC1CCCCC1)N1CCC1.[B]C. The molecule has 1 aliphatic heterocycles. The summed E-state index contributed by atoms with van der Waals surface area (Å²) < 4.78 is 5.38. The zero-order valence-corrected chi connectivity index (χ0v) is 11.6. The van der Waals surface area contributed by atoms with Gasteiger partial charge in [0.1, 0.15) is 6.10 Å². The summed E-state index contributed by atoms with van der Waals surface area (Å²) in [6.07, 6.45) is 7.15. The highest BCUT2D eigenvalue weighted by Crippen LogP contribution is 2.21. The van der Waals surface area contributed by atoms with E-state index in [2.05, 4.69) is 7.85 Å². The van der Waals surface area contributed by atoms with Gasteiger partial charge in [0, 0.05) is 13.1 Å². The van der Waals surface area contributed by atoms with Crippen LogP contribution in [0.4, 0.5) is 4.79 Å². The molecular formula is C13H26BNO2. The van der Waals surface area contributed by atoms with Crippen molar-refractivity contribution in [2.75, 3.05) is 13.1 Å². The molecule has 0 aromatic carbocycles. The molecule has 3 nitrogen and oxygen atoms in total. The summed E-state index contributed by atoms with van der Waals surface area (Å²) in [6, 6.07) is 0. The first-order valence-electron chi connectivity index (χ1n) is 6.89. The first-order valence-corrected chi connectivity index (χ1v) is 6.89. The van der Waals surface area contributed by atoms with Gasteiger partial charge in [-0.05, 0) is 32.1 Å². The van der Waals surface area contributed by atoms with Crippen molar-refractivity contribution >= 4 is 13.9 Å². The highest BCUT2D eigenvalue weighted by molar-refractivity contribution is 6.05. The van der Waals surface area contributed by atoms with Gasteiger partial charge >= 0.3 is 6.09 Å². The summed E-state index contributed by atoms with van der Waals surface area (Å²) in [4.78, 5) is 13.2. The van der Waals surface area contributed by atoms with E-state index in [0.717, 1.165) is 32.4 Å². The van der Waals surface area contributed by atoms with Crippen LogP contribution in [0, 0.1) is 0 Å². The molecule has 1 saturated carbocycles. The van der Waals surface area contributed by atoms with Gasteiger partial charge in [0.2, 0.25) is 0 Å². The van der Waals surface area contributed by atoms with Crippen molar-refractivity contribution in [3.8, 4) is 0 Å². The molecule has 0 unspecified atom stereocenters. The Morgan fingerprint density at radius 1 is 1.06 bits per heavy atom. The van der Waals surface area contributed by atoms with Crippen molar-refractivity contribution in [3.63, 3.8) is 0 Å². The maximum atomic E-state index is 11.4. The Kier molecular flexibility index (Phi) is 10.1. The fraction of sp³-hybridized carbons (Fsp3) is 0.923. The van der Waals surface area contributed by atoms with E-state index < -0.39 is 0 Å². The molecule has 0 aromatic rings. The van der Waals surface area contributed by atoms with Crippen LogP contribution >= 0.6 is 0 Å². The molecule has 2 rings (SSSR count). The van der Waals surface area contributed by atoms with Crippen molar-refractivity contribution < 1.29 is 9.53 Å². The van der Waals surface area contributed by atoms with Crippen LogP contribution < -0.4 is 0 Å². The second-order valence-electron chi connectivity index (χ2n) is 3.98. The van der Waals surface area contributed by atoms with Gasteiger partial charge in [0.15, 0.2) is 0 Å². The van der Waals surface area contributed by atoms with E-state index in [-0.39, 0.29) is 12.2 Å². The van der Waals surface area contributed by atoms with Crippen LogP contribution in [0.2, 0.25) is 6.82 Å². The van der Waals surface area contributed by atoms with Crippen LogP contribution in [-0.2, 0) is 4.74 Å². The number of carbonyl (C=O) groups is 1. The molecule has 0 aromatic heterocycles. The Bertz CT molecular complexity index is 190. The molecule has 2 radical (unpaired) electrons. The molecular weight excluding hydrogens is 213 g/mol. The zero-order valence-electron chi connectivity index (χ0n) is 11.6. The fourth-order valence-electron chi connectivity index (χ4n) is 1.90. The third-order valence-electron chi connectivity index (χ3n) is 2.93. The van der Waals surface area contributed by atoms with Gasteiger partial charge in [-0.15, -0.1) is 0 Å². The third-order valence-corrected chi connectivity index (χ3v) is 2.93. The van der Waals surface area contributed by atoms with E-state index in [1.54, 1.807) is 4.90 Å². The summed E-state index contributed by atoms with van der Waals surface area (Å²) in [6.45, 7) is 7.29. The Hall–Kier alpha value is -0.665. The predicted octanol–water partition coefficient (Wildman–Crippen LogP) is 3.39. The number of likely N-dealkylation sites (tertiary alicyclic amines) is 1. The second kappa shape index (κ2) is 10.5. The number of hydrogen-bond acceptors (Lipinski definition) is 2. The van der Waals surface area contributed by atoms with E-state index in [1.165, 1.54) is 26.1 Å². The number of ether oxygens (including phenoxy) is 1. The second-order valence-corrected chi connectivity index (χ2v) is 3.98. The molecule has 0 bridgehead atoms. The summed E-state index contributed by atoms with van der Waals surface area (Å²) in [7, 11) is 4.50. The van der Waals surface area contributed by atoms with Crippen LogP contribution in [0.5, 0.6) is 0 Å². The number of carbonyl (C=O) groups excluding carboxylic acids is 1. The first kappa shape index (κ1) is 16.3. The van der Waals surface area contributed by atoms with Crippen molar-refractivity contribution in [2.45, 2.75) is 65.3 Å². The van der Waals surface area contributed by atoms with Crippen LogP contribution in [0.15, 0.2) is 0 Å². The lowest BCUT2D eigenvalue weighted by Crippen LogP contribution is -2.43. The Morgan fingerprint density at radius 2 is 1.59 bits per heavy atom. The largest absolute Gasteiger partial charge is 0.446 e. The van der Waals surface area contributed by atoms with Gasteiger partial charge in [0.25, 0.3) is 0 Å². The number of nitrogens with zero attached hydrogens (tertiary/aromatic N) is 1. The van der Waals surface area contributed by atoms with E-state index in [0.29, 0.717) is 0 Å². The molecule has 0 N–H and O–H groups in total. The van der Waals surface area contributed by atoms with Crippen LogP contribution in [0.3, 0.4) is 0 Å². The van der Waals surface area contributed by atoms with Crippen molar-refractivity contribution in [1.29, 1.82) is 0 Å². The van der Waals surface area contributed by atoms with Crippen LogP contribution in [0.1, 0.15) is 52.4 Å². The normalized spacial score (nSPS) is 18.9. The molecule has 17 heavy (non-hydrogen) atoms. The lowest BCUT2D eigenvalue weighted by atomic mass is 9.98. The lowest BCUT2D eigenvalue weighted by Gasteiger charge is -2.32. The van der Waals surface area contributed by atoms with Gasteiger partial charge in [-0.1, -0.05) is 27.1 Å². The Labute approximate surface area is 107 Å². The predicted molar refractivity (Wildman–Crippen MR) is 72.5 cm³/mol. The Balaban J connectivity index is 0.000000581. The average Bonchev–Trinajstić information content (AvgIpc) is 2.33. The maximum absolute atomic E-state index is 11.4. The Morgan fingerprint density at radius 3 is 2.00 bits per heavy atom. The van der Waals surface area contributed by atoms with Crippen LogP contribution in [0.25, 0.3) is 0 Å². The van der Waals surface area contributed by atoms with Crippen LogP contribution in [-0.4, -0.2) is 38.0 Å². The highest BCUT2D eigenvalue weighted by atomic mass is 16.6. The maximum Gasteiger partial charge on any atom is 0.410 e. The van der Waals surface area contributed by atoms with Gasteiger partial charge in [-0.25, -0.2) is 4.79 Å². The molecule has 2 fully saturated rings. The summed E-state index contributed by atoms with van der Waals surface area (Å²) >= 11 is 0. The molecule has 1 aliphatic carbocycles. The monoisotopic (exact) mass is 239 g/mol. The topological polar surface area (TPSA) is 29.5 Å². The molecule has 2 aliphatic rings. The summed E-state index contributed by atoms with van der Waals surface area (Å²) in [5.41, 5.74) is 0. The number of hydrogen-bond donors (Lipinski definition) is 0. The summed E-state index contributed by atoms with van der Waals surface area (Å²) in [5, 5.41) is 0. The molecule has 1 amide bonds. The standard InChI is InChI=1S/C10H17NO2.C2H6.CH3B/c12-10(11-7-4-8-11)13-9-5-2-1-3-6-9;2*1-2/h9H,1-8H2;1-2H3;1H3. The van der Waals surface area contributed by atoms with E-state index in [4.69, 9.17) is 4.74 Å². The van der Waals surface area contributed by atoms with Gasteiger partial charge in [-0.3, -0.25) is 0 Å². The average molecular weight is 239 g/mol. The third kappa shape index (κ3) is 5.99. The number of rotatable bonds is 1. The van der Waals surface area contributed by atoms with E-state index in [9.17, 15) is 4.79 Å². The quantitative estimate of drug-likeness (QED) is 0.656. The molecule has 0 spiro atoms. The van der Waals surface area contributed by atoms with E-state index >= 15 is 0 Å². The van der Waals surface area contributed by atoms with Crippen molar-refractivity contribution in [1.82, 2.24) is 4.90 Å². The van der Waals surface area contributed by atoms with Crippen molar-refractivity contribution in [2.24, 2.45) is 0 Å². The molecule has 98 valence electrons. The van der Waals surface area contributed by atoms with Gasteiger partial charge < -0.3 is 9.64 Å². The molecule has 4 heteroatoms. The molecule has 0 atom stereocenters. The fourth-order valence-corrected chi connectivity index (χ4v) is 1.90. The van der Waals surface area contributed by atoms with Gasteiger partial charge in [0.05, 0.1) is 7.85 Å². The lowest BCUT2D eigenvalue weighted by molar-refractivity contribution is 0.0323. The minimum Gasteiger partial charge on any atom is -0.446 e. The number of amides is 1. The molecule has 1 saturated heterocycles. The molecule has 1 heterocycles. The first-order chi connectivity index (χ1) is 8.36. The minimum atomic E-state index is -0.0850. The van der Waals surface area contributed by atoms with E-state index in [1.807, 2.05) is 13.8 Å². The van der Waals surface area contributed by atoms with Gasteiger partial charge in [-0.2, -0.15) is 0 Å².